The minimum atomic E-state index is -3.80. The molecule has 0 saturated heterocycles. The maximum absolute atomic E-state index is 12.6. The van der Waals surface area contributed by atoms with Crippen molar-refractivity contribution in [3.8, 4) is 17.1 Å². The quantitative estimate of drug-likeness (QED) is 0.371. The summed E-state index contributed by atoms with van der Waals surface area (Å²) < 4.78 is 38.2. The number of hydrogen-bond acceptors (Lipinski definition) is 7. The number of sulfonamides is 1. The molecule has 0 aliphatic rings. The van der Waals surface area contributed by atoms with Crippen LogP contribution in [0.1, 0.15) is 12.3 Å². The van der Waals surface area contributed by atoms with Crippen LogP contribution in [0, 0.1) is 0 Å². The van der Waals surface area contributed by atoms with Gasteiger partial charge in [0, 0.05) is 18.4 Å². The van der Waals surface area contributed by atoms with Gasteiger partial charge in [-0.1, -0.05) is 35.5 Å². The SMILES string of the molecule is COc1ccc(-c2noc(CCC(=O)Nc3ccccc3NS(=O)(=O)c3ccccc3)n2)cc1. The summed E-state index contributed by atoms with van der Waals surface area (Å²) in [6.45, 7) is 0. The molecule has 3 aromatic carbocycles. The number of methoxy groups -OCH3 is 1. The van der Waals surface area contributed by atoms with Crippen LogP contribution >= 0.6 is 0 Å². The first-order valence-corrected chi connectivity index (χ1v) is 11.9. The highest BCUT2D eigenvalue weighted by atomic mass is 32.2. The van der Waals surface area contributed by atoms with Crippen LogP contribution in [0.15, 0.2) is 88.3 Å². The first-order chi connectivity index (χ1) is 16.4. The third-order valence-corrected chi connectivity index (χ3v) is 6.26. The number of rotatable bonds is 9. The molecular weight excluding hydrogens is 456 g/mol. The summed E-state index contributed by atoms with van der Waals surface area (Å²) in [4.78, 5) is 17.0. The highest BCUT2D eigenvalue weighted by Crippen LogP contribution is 2.25. The maximum Gasteiger partial charge on any atom is 0.261 e. The Balaban J connectivity index is 1.38. The molecule has 2 N–H and O–H groups in total. The first kappa shape index (κ1) is 23.0. The summed E-state index contributed by atoms with van der Waals surface area (Å²) in [6.07, 6.45) is 0.302. The van der Waals surface area contributed by atoms with E-state index in [1.54, 1.807) is 61.7 Å². The average molecular weight is 479 g/mol. The van der Waals surface area contributed by atoms with Crippen LogP contribution in [0.5, 0.6) is 5.75 Å². The third kappa shape index (κ3) is 5.59. The molecule has 0 saturated carbocycles. The molecule has 0 atom stereocenters. The molecule has 10 heteroatoms. The molecule has 0 aliphatic carbocycles. The molecule has 0 fully saturated rings. The molecule has 0 radical (unpaired) electrons. The van der Waals surface area contributed by atoms with E-state index in [4.69, 9.17) is 9.26 Å². The Morgan fingerprint density at radius 3 is 2.32 bits per heavy atom. The van der Waals surface area contributed by atoms with Crippen LogP contribution in [-0.4, -0.2) is 31.6 Å². The topological polar surface area (TPSA) is 123 Å². The third-order valence-electron chi connectivity index (χ3n) is 4.88. The number of hydrogen-bond donors (Lipinski definition) is 2. The number of carbonyl (C=O) groups excluding carboxylic acids is 1. The molecule has 1 amide bonds. The minimum absolute atomic E-state index is 0.0734. The van der Waals surface area contributed by atoms with Crippen molar-refractivity contribution in [3.63, 3.8) is 0 Å². The molecule has 0 bridgehead atoms. The number of aromatic nitrogens is 2. The summed E-state index contributed by atoms with van der Waals surface area (Å²) >= 11 is 0. The van der Waals surface area contributed by atoms with Crippen molar-refractivity contribution in [3.05, 3.63) is 84.8 Å². The minimum Gasteiger partial charge on any atom is -0.497 e. The summed E-state index contributed by atoms with van der Waals surface area (Å²) in [5.41, 5.74) is 1.37. The van der Waals surface area contributed by atoms with Crippen molar-refractivity contribution in [1.82, 2.24) is 10.1 Å². The lowest BCUT2D eigenvalue weighted by atomic mass is 10.2. The van der Waals surface area contributed by atoms with Crippen LogP contribution in [0.4, 0.5) is 11.4 Å². The first-order valence-electron chi connectivity index (χ1n) is 10.4. The van der Waals surface area contributed by atoms with Crippen molar-refractivity contribution in [1.29, 1.82) is 0 Å². The van der Waals surface area contributed by atoms with Crippen molar-refractivity contribution >= 4 is 27.3 Å². The fraction of sp³-hybridized carbons (Fsp3) is 0.125. The molecule has 9 nitrogen and oxygen atoms in total. The summed E-state index contributed by atoms with van der Waals surface area (Å²) in [5, 5.41) is 6.69. The molecular formula is C24H22N4O5S. The lowest BCUT2D eigenvalue weighted by Gasteiger charge is -2.13. The molecule has 34 heavy (non-hydrogen) atoms. The van der Waals surface area contributed by atoms with Gasteiger partial charge < -0.3 is 14.6 Å². The van der Waals surface area contributed by atoms with E-state index in [9.17, 15) is 13.2 Å². The number of para-hydroxylation sites is 2. The normalized spacial score (nSPS) is 11.1. The summed E-state index contributed by atoms with van der Waals surface area (Å²) in [6, 6.07) is 21.8. The van der Waals surface area contributed by atoms with E-state index >= 15 is 0 Å². The lowest BCUT2D eigenvalue weighted by molar-refractivity contribution is -0.116. The lowest BCUT2D eigenvalue weighted by Crippen LogP contribution is -2.17. The number of ether oxygens (including phenoxy) is 1. The Labute approximate surface area is 196 Å². The van der Waals surface area contributed by atoms with Gasteiger partial charge in [-0.25, -0.2) is 8.42 Å². The number of aryl methyl sites for hydroxylation is 1. The monoisotopic (exact) mass is 478 g/mol. The van der Waals surface area contributed by atoms with Gasteiger partial charge in [0.15, 0.2) is 0 Å². The zero-order valence-electron chi connectivity index (χ0n) is 18.3. The second-order valence-corrected chi connectivity index (χ2v) is 8.93. The van der Waals surface area contributed by atoms with Crippen molar-refractivity contribution in [2.24, 2.45) is 0 Å². The maximum atomic E-state index is 12.6. The van der Waals surface area contributed by atoms with Crippen molar-refractivity contribution in [2.75, 3.05) is 17.1 Å². The summed E-state index contributed by atoms with van der Waals surface area (Å²) in [7, 11) is -2.21. The van der Waals surface area contributed by atoms with Crippen LogP contribution in [0.2, 0.25) is 0 Å². The second-order valence-electron chi connectivity index (χ2n) is 7.25. The van der Waals surface area contributed by atoms with Gasteiger partial charge in [-0.2, -0.15) is 4.98 Å². The van der Waals surface area contributed by atoms with E-state index in [-0.39, 0.29) is 29.3 Å². The van der Waals surface area contributed by atoms with Crippen molar-refractivity contribution in [2.45, 2.75) is 17.7 Å². The van der Waals surface area contributed by atoms with E-state index < -0.39 is 10.0 Å². The van der Waals surface area contributed by atoms with E-state index in [0.29, 0.717) is 17.4 Å². The second kappa shape index (κ2) is 10.2. The predicted octanol–water partition coefficient (Wildman–Crippen LogP) is 4.12. The molecule has 174 valence electrons. The van der Waals surface area contributed by atoms with Crippen LogP contribution in [0.3, 0.4) is 0 Å². The van der Waals surface area contributed by atoms with Gasteiger partial charge >= 0.3 is 0 Å². The standard InChI is InChI=1S/C24H22N4O5S/c1-32-18-13-11-17(12-14-18)24-26-23(33-27-24)16-15-22(29)25-20-9-5-6-10-21(20)28-34(30,31)19-7-3-2-4-8-19/h2-14,28H,15-16H2,1H3,(H,25,29). The predicted molar refractivity (Wildman–Crippen MR) is 127 cm³/mol. The van der Waals surface area contributed by atoms with Crippen LogP contribution in [0.25, 0.3) is 11.4 Å². The summed E-state index contributed by atoms with van der Waals surface area (Å²) in [5.74, 6) is 1.13. The molecule has 0 spiro atoms. The Kier molecular flexibility index (Phi) is 6.88. The van der Waals surface area contributed by atoms with E-state index in [2.05, 4.69) is 20.2 Å². The van der Waals surface area contributed by atoms with Crippen LogP contribution in [-0.2, 0) is 21.2 Å². The highest BCUT2D eigenvalue weighted by molar-refractivity contribution is 7.92. The Bertz CT molecular complexity index is 1370. The van der Waals surface area contributed by atoms with Gasteiger partial charge in [-0.15, -0.1) is 0 Å². The number of carbonyl (C=O) groups is 1. The Hall–Kier alpha value is -4.18. The molecule has 4 aromatic rings. The molecule has 1 heterocycles. The van der Waals surface area contributed by atoms with Crippen molar-refractivity contribution < 1.29 is 22.5 Å². The molecule has 1 aromatic heterocycles. The fourth-order valence-corrected chi connectivity index (χ4v) is 4.23. The van der Waals surface area contributed by atoms with Gasteiger partial charge in [0.25, 0.3) is 10.0 Å². The van der Waals surface area contributed by atoms with E-state index in [1.165, 1.54) is 12.1 Å². The number of nitrogens with one attached hydrogen (secondary N) is 2. The molecule has 0 aliphatic heterocycles. The zero-order valence-corrected chi connectivity index (χ0v) is 19.1. The smallest absolute Gasteiger partial charge is 0.261 e. The van der Waals surface area contributed by atoms with E-state index in [0.717, 1.165) is 11.3 Å². The number of nitrogens with zero attached hydrogens (tertiary/aromatic N) is 2. The van der Waals surface area contributed by atoms with Gasteiger partial charge in [0.05, 0.1) is 23.4 Å². The molecule has 0 unspecified atom stereocenters. The fourth-order valence-electron chi connectivity index (χ4n) is 3.13. The van der Waals surface area contributed by atoms with Gasteiger partial charge in [0.2, 0.25) is 17.6 Å². The van der Waals surface area contributed by atoms with Crippen LogP contribution < -0.4 is 14.8 Å². The van der Waals surface area contributed by atoms with Gasteiger partial charge in [-0.05, 0) is 48.5 Å². The zero-order chi connectivity index (χ0) is 24.0. The van der Waals surface area contributed by atoms with Gasteiger partial charge in [0.1, 0.15) is 5.75 Å². The average Bonchev–Trinajstić information content (AvgIpc) is 3.34. The largest absolute Gasteiger partial charge is 0.497 e. The molecule has 4 rings (SSSR count). The number of amides is 1. The highest BCUT2D eigenvalue weighted by Gasteiger charge is 2.17. The number of benzene rings is 3. The Morgan fingerprint density at radius 1 is 0.941 bits per heavy atom. The van der Waals surface area contributed by atoms with Gasteiger partial charge in [-0.3, -0.25) is 9.52 Å². The Morgan fingerprint density at radius 2 is 1.62 bits per heavy atom. The van der Waals surface area contributed by atoms with E-state index in [1.807, 2.05) is 12.1 Å². The number of anilines is 2.